The molecule has 0 amide bonds. The number of hydrogen-bond acceptors (Lipinski definition) is 5. The molecule has 2 fully saturated rings. The van der Waals surface area contributed by atoms with E-state index >= 15 is 0 Å². The normalized spacial score (nSPS) is 25.6. The van der Waals surface area contributed by atoms with Crippen molar-refractivity contribution in [3.05, 3.63) is 0 Å². The molecule has 2 saturated heterocycles. The number of rotatable bonds is 4. The summed E-state index contributed by atoms with van der Waals surface area (Å²) in [5.74, 6) is -0.0452. The largest absolute Gasteiger partial charge is 0.469 e. The van der Waals surface area contributed by atoms with Crippen LogP contribution in [0.5, 0.6) is 0 Å². The zero-order chi connectivity index (χ0) is 14.6. The van der Waals surface area contributed by atoms with Gasteiger partial charge in [0.1, 0.15) is 0 Å². The van der Waals surface area contributed by atoms with E-state index < -0.39 is 0 Å². The molecule has 2 heterocycles. The third kappa shape index (κ3) is 3.93. The Labute approximate surface area is 122 Å². The molecule has 5 nitrogen and oxygen atoms in total. The summed E-state index contributed by atoms with van der Waals surface area (Å²) in [4.78, 5) is 19.2. The molecule has 0 aliphatic carbocycles. The van der Waals surface area contributed by atoms with Gasteiger partial charge in [-0.3, -0.25) is 9.69 Å². The van der Waals surface area contributed by atoms with E-state index in [2.05, 4.69) is 21.7 Å². The van der Waals surface area contributed by atoms with Gasteiger partial charge < -0.3 is 14.5 Å². The van der Waals surface area contributed by atoms with Gasteiger partial charge in [0.05, 0.1) is 12.5 Å². The van der Waals surface area contributed by atoms with Gasteiger partial charge in [0.2, 0.25) is 0 Å². The standard InChI is InChI=1S/C15H29N3O2/c1-15(14(19)20-3)4-6-17(7-5-15)12-13-18-10-8-16(2)9-11-18/h4-13H2,1-3H3. The highest BCUT2D eigenvalue weighted by molar-refractivity contribution is 5.76. The van der Waals surface area contributed by atoms with Crippen molar-refractivity contribution in [1.29, 1.82) is 0 Å². The van der Waals surface area contributed by atoms with Gasteiger partial charge in [-0.15, -0.1) is 0 Å². The highest BCUT2D eigenvalue weighted by Gasteiger charge is 2.37. The van der Waals surface area contributed by atoms with E-state index in [0.717, 1.165) is 39.0 Å². The predicted octanol–water partition coefficient (Wildman–Crippen LogP) is 0.509. The van der Waals surface area contributed by atoms with Crippen molar-refractivity contribution in [3.8, 4) is 0 Å². The van der Waals surface area contributed by atoms with Crippen LogP contribution in [0.1, 0.15) is 19.8 Å². The first-order valence-corrected chi connectivity index (χ1v) is 7.75. The fourth-order valence-electron chi connectivity index (χ4n) is 3.08. The maximum Gasteiger partial charge on any atom is 0.311 e. The predicted molar refractivity (Wildman–Crippen MR) is 79.7 cm³/mol. The average Bonchev–Trinajstić information content (AvgIpc) is 2.47. The van der Waals surface area contributed by atoms with E-state index in [9.17, 15) is 4.79 Å². The summed E-state index contributed by atoms with van der Waals surface area (Å²) in [7, 11) is 3.68. The lowest BCUT2D eigenvalue weighted by atomic mass is 9.80. The van der Waals surface area contributed by atoms with E-state index in [1.54, 1.807) is 0 Å². The molecule has 0 bridgehead atoms. The first-order chi connectivity index (χ1) is 9.53. The van der Waals surface area contributed by atoms with Crippen molar-refractivity contribution in [2.24, 2.45) is 5.41 Å². The summed E-state index contributed by atoms with van der Waals surface area (Å²) in [5.41, 5.74) is -0.265. The molecule has 0 spiro atoms. The van der Waals surface area contributed by atoms with Gasteiger partial charge in [-0.2, -0.15) is 0 Å². The molecule has 0 aromatic carbocycles. The van der Waals surface area contributed by atoms with Crippen LogP contribution in [-0.4, -0.2) is 87.2 Å². The van der Waals surface area contributed by atoms with Crippen LogP contribution in [0.15, 0.2) is 0 Å². The molecular weight excluding hydrogens is 254 g/mol. The quantitative estimate of drug-likeness (QED) is 0.703. The summed E-state index contributed by atoms with van der Waals surface area (Å²) >= 11 is 0. The Balaban J connectivity index is 1.68. The number of methoxy groups -OCH3 is 1. The van der Waals surface area contributed by atoms with Crippen LogP contribution < -0.4 is 0 Å². The molecule has 0 unspecified atom stereocenters. The summed E-state index contributed by atoms with van der Waals surface area (Å²) in [5, 5.41) is 0. The third-order valence-corrected chi connectivity index (χ3v) is 4.97. The van der Waals surface area contributed by atoms with Crippen molar-refractivity contribution in [1.82, 2.24) is 14.7 Å². The van der Waals surface area contributed by atoms with Crippen LogP contribution in [0.3, 0.4) is 0 Å². The Morgan fingerprint density at radius 1 is 1.00 bits per heavy atom. The highest BCUT2D eigenvalue weighted by atomic mass is 16.5. The van der Waals surface area contributed by atoms with E-state index in [4.69, 9.17) is 4.74 Å². The van der Waals surface area contributed by atoms with Crippen LogP contribution in [0, 0.1) is 5.41 Å². The monoisotopic (exact) mass is 283 g/mol. The van der Waals surface area contributed by atoms with Gasteiger partial charge in [-0.05, 0) is 39.9 Å². The fraction of sp³-hybridized carbons (Fsp3) is 0.933. The number of ether oxygens (including phenoxy) is 1. The minimum Gasteiger partial charge on any atom is -0.469 e. The Kier molecular flexibility index (Phi) is 5.41. The maximum absolute atomic E-state index is 11.8. The summed E-state index contributed by atoms with van der Waals surface area (Å²) in [6.45, 7) is 11.1. The van der Waals surface area contributed by atoms with Gasteiger partial charge in [-0.25, -0.2) is 0 Å². The molecule has 5 heteroatoms. The SMILES string of the molecule is COC(=O)C1(C)CCN(CCN2CCN(C)CC2)CC1. The van der Waals surface area contributed by atoms with E-state index in [0.29, 0.717) is 0 Å². The van der Waals surface area contributed by atoms with E-state index in [1.165, 1.54) is 33.3 Å². The minimum atomic E-state index is -0.265. The van der Waals surface area contributed by atoms with Gasteiger partial charge in [0.25, 0.3) is 0 Å². The first-order valence-electron chi connectivity index (χ1n) is 7.75. The van der Waals surface area contributed by atoms with Crippen molar-refractivity contribution >= 4 is 5.97 Å². The molecule has 20 heavy (non-hydrogen) atoms. The number of likely N-dealkylation sites (tertiary alicyclic amines) is 1. The minimum absolute atomic E-state index is 0.0452. The summed E-state index contributed by atoms with van der Waals surface area (Å²) in [6, 6.07) is 0. The second-order valence-electron chi connectivity index (χ2n) is 6.54. The first kappa shape index (κ1) is 15.7. The molecule has 0 radical (unpaired) electrons. The molecule has 0 aromatic rings. The lowest BCUT2D eigenvalue weighted by Gasteiger charge is -2.39. The van der Waals surface area contributed by atoms with Gasteiger partial charge in [0.15, 0.2) is 0 Å². The molecular formula is C15H29N3O2. The maximum atomic E-state index is 11.8. The second kappa shape index (κ2) is 6.87. The zero-order valence-electron chi connectivity index (χ0n) is 13.2. The Hall–Kier alpha value is -0.650. The fourth-order valence-corrected chi connectivity index (χ4v) is 3.08. The third-order valence-electron chi connectivity index (χ3n) is 4.97. The van der Waals surface area contributed by atoms with Crippen LogP contribution >= 0.6 is 0 Å². The zero-order valence-corrected chi connectivity index (χ0v) is 13.2. The van der Waals surface area contributed by atoms with Crippen LogP contribution in [0.4, 0.5) is 0 Å². The number of nitrogens with zero attached hydrogens (tertiary/aromatic N) is 3. The van der Waals surface area contributed by atoms with E-state index in [1.807, 2.05) is 6.92 Å². The summed E-state index contributed by atoms with van der Waals surface area (Å²) in [6.07, 6.45) is 1.84. The van der Waals surface area contributed by atoms with E-state index in [-0.39, 0.29) is 11.4 Å². The lowest BCUT2D eigenvalue weighted by molar-refractivity contribution is -0.154. The molecule has 0 saturated carbocycles. The molecule has 2 aliphatic rings. The molecule has 0 atom stereocenters. The lowest BCUT2D eigenvalue weighted by Crippen LogP contribution is -2.49. The molecule has 116 valence electrons. The summed E-state index contributed by atoms with van der Waals surface area (Å²) < 4.78 is 4.92. The number of likely N-dealkylation sites (N-methyl/N-ethyl adjacent to an activating group) is 1. The molecule has 0 aromatic heterocycles. The smallest absolute Gasteiger partial charge is 0.311 e. The van der Waals surface area contributed by atoms with Crippen LogP contribution in [-0.2, 0) is 9.53 Å². The van der Waals surface area contributed by atoms with Crippen molar-refractivity contribution < 1.29 is 9.53 Å². The van der Waals surface area contributed by atoms with Gasteiger partial charge >= 0.3 is 5.97 Å². The number of piperazine rings is 1. The highest BCUT2D eigenvalue weighted by Crippen LogP contribution is 2.31. The van der Waals surface area contributed by atoms with Crippen LogP contribution in [0.2, 0.25) is 0 Å². The number of hydrogen-bond donors (Lipinski definition) is 0. The van der Waals surface area contributed by atoms with Gasteiger partial charge in [-0.1, -0.05) is 0 Å². The van der Waals surface area contributed by atoms with Crippen molar-refractivity contribution in [2.45, 2.75) is 19.8 Å². The Morgan fingerprint density at radius 3 is 2.00 bits per heavy atom. The van der Waals surface area contributed by atoms with Crippen molar-refractivity contribution in [3.63, 3.8) is 0 Å². The number of carbonyl (C=O) groups is 1. The molecule has 2 rings (SSSR count). The average molecular weight is 283 g/mol. The second-order valence-corrected chi connectivity index (χ2v) is 6.54. The van der Waals surface area contributed by atoms with Crippen LogP contribution in [0.25, 0.3) is 0 Å². The molecule has 0 N–H and O–H groups in total. The number of esters is 1. The van der Waals surface area contributed by atoms with Crippen molar-refractivity contribution in [2.75, 3.05) is 66.5 Å². The topological polar surface area (TPSA) is 36.0 Å². The molecule has 2 aliphatic heterocycles. The number of carbonyl (C=O) groups excluding carboxylic acids is 1. The van der Waals surface area contributed by atoms with Gasteiger partial charge in [0, 0.05) is 39.3 Å². The number of piperidine rings is 1. The Morgan fingerprint density at radius 2 is 1.50 bits per heavy atom. The Bertz CT molecular complexity index is 319.